The first-order valence-electron chi connectivity index (χ1n) is 8.03. The SMILES string of the molecule is CCCCCCc1ccc(Oc2cccc(C)c2)c(C)c1. The second-order valence-electron chi connectivity index (χ2n) is 5.83. The molecular weight excluding hydrogens is 256 g/mol. The van der Waals surface area contributed by atoms with Crippen LogP contribution in [0.3, 0.4) is 0 Å². The van der Waals surface area contributed by atoms with Crippen molar-refractivity contribution in [2.45, 2.75) is 52.9 Å². The molecule has 0 aliphatic rings. The maximum atomic E-state index is 5.99. The molecule has 0 heterocycles. The smallest absolute Gasteiger partial charge is 0.130 e. The molecule has 0 radical (unpaired) electrons. The maximum Gasteiger partial charge on any atom is 0.130 e. The highest BCUT2D eigenvalue weighted by Crippen LogP contribution is 2.26. The van der Waals surface area contributed by atoms with Crippen LogP contribution in [0.1, 0.15) is 49.3 Å². The molecule has 21 heavy (non-hydrogen) atoms. The van der Waals surface area contributed by atoms with Crippen molar-refractivity contribution < 1.29 is 4.74 Å². The lowest BCUT2D eigenvalue weighted by molar-refractivity contribution is 0.478. The Labute approximate surface area is 129 Å². The normalized spacial score (nSPS) is 10.6. The van der Waals surface area contributed by atoms with Gasteiger partial charge in [0.25, 0.3) is 0 Å². The van der Waals surface area contributed by atoms with Gasteiger partial charge in [-0.25, -0.2) is 0 Å². The lowest BCUT2D eigenvalue weighted by atomic mass is 10.0. The molecule has 0 N–H and O–H groups in total. The molecule has 0 aromatic heterocycles. The third-order valence-corrected chi connectivity index (χ3v) is 3.78. The van der Waals surface area contributed by atoms with Crippen molar-refractivity contribution in [1.29, 1.82) is 0 Å². The second kappa shape index (κ2) is 7.87. The second-order valence-corrected chi connectivity index (χ2v) is 5.83. The van der Waals surface area contributed by atoms with Gasteiger partial charge in [-0.2, -0.15) is 0 Å². The molecule has 0 spiro atoms. The van der Waals surface area contributed by atoms with Crippen molar-refractivity contribution in [3.05, 3.63) is 59.2 Å². The number of benzene rings is 2. The molecule has 1 heteroatoms. The molecule has 0 saturated carbocycles. The number of aryl methyl sites for hydroxylation is 3. The van der Waals surface area contributed by atoms with Crippen LogP contribution in [0.25, 0.3) is 0 Å². The molecule has 0 amide bonds. The maximum absolute atomic E-state index is 5.99. The van der Waals surface area contributed by atoms with Gasteiger partial charge in [0.1, 0.15) is 11.5 Å². The Bertz CT molecular complexity index is 572. The van der Waals surface area contributed by atoms with Crippen LogP contribution in [-0.4, -0.2) is 0 Å². The van der Waals surface area contributed by atoms with Gasteiger partial charge in [-0.15, -0.1) is 0 Å². The standard InChI is InChI=1S/C20H26O/c1-4-5-6-7-10-18-12-13-20(17(3)15-18)21-19-11-8-9-16(2)14-19/h8-9,11-15H,4-7,10H2,1-3H3. The molecule has 0 aliphatic heterocycles. The van der Waals surface area contributed by atoms with Crippen LogP contribution in [0, 0.1) is 13.8 Å². The largest absolute Gasteiger partial charge is 0.457 e. The van der Waals surface area contributed by atoms with E-state index < -0.39 is 0 Å². The Morgan fingerprint density at radius 1 is 0.905 bits per heavy atom. The van der Waals surface area contributed by atoms with Crippen molar-refractivity contribution in [2.24, 2.45) is 0 Å². The van der Waals surface area contributed by atoms with E-state index in [9.17, 15) is 0 Å². The first kappa shape index (κ1) is 15.6. The highest BCUT2D eigenvalue weighted by Gasteiger charge is 2.03. The fourth-order valence-electron chi connectivity index (χ4n) is 2.54. The average Bonchev–Trinajstić information content (AvgIpc) is 2.46. The van der Waals surface area contributed by atoms with Gasteiger partial charge in [0.05, 0.1) is 0 Å². The van der Waals surface area contributed by atoms with Gasteiger partial charge in [0.15, 0.2) is 0 Å². The zero-order valence-corrected chi connectivity index (χ0v) is 13.5. The van der Waals surface area contributed by atoms with Crippen LogP contribution >= 0.6 is 0 Å². The molecule has 0 unspecified atom stereocenters. The van der Waals surface area contributed by atoms with E-state index in [1.165, 1.54) is 48.8 Å². The van der Waals surface area contributed by atoms with Gasteiger partial charge in [-0.3, -0.25) is 0 Å². The molecule has 1 nitrogen and oxygen atoms in total. The minimum Gasteiger partial charge on any atom is -0.457 e. The Balaban J connectivity index is 1.98. The monoisotopic (exact) mass is 282 g/mol. The van der Waals surface area contributed by atoms with Crippen molar-refractivity contribution in [1.82, 2.24) is 0 Å². The molecule has 2 aromatic carbocycles. The molecule has 112 valence electrons. The minimum atomic E-state index is 0.911. The van der Waals surface area contributed by atoms with Crippen molar-refractivity contribution >= 4 is 0 Å². The molecule has 0 aliphatic carbocycles. The predicted octanol–water partition coefficient (Wildman–Crippen LogP) is 6.22. The summed E-state index contributed by atoms with van der Waals surface area (Å²) < 4.78 is 5.99. The van der Waals surface area contributed by atoms with Crippen LogP contribution in [0.4, 0.5) is 0 Å². The zero-order chi connectivity index (χ0) is 15.1. The summed E-state index contributed by atoms with van der Waals surface area (Å²) >= 11 is 0. The molecule has 2 aromatic rings. The third kappa shape index (κ3) is 4.93. The van der Waals surface area contributed by atoms with E-state index in [1.54, 1.807) is 0 Å². The zero-order valence-electron chi connectivity index (χ0n) is 13.5. The topological polar surface area (TPSA) is 9.23 Å². The van der Waals surface area contributed by atoms with E-state index in [0.717, 1.165) is 11.5 Å². The van der Waals surface area contributed by atoms with E-state index in [4.69, 9.17) is 4.74 Å². The summed E-state index contributed by atoms with van der Waals surface area (Å²) in [4.78, 5) is 0. The highest BCUT2D eigenvalue weighted by molar-refractivity contribution is 5.40. The van der Waals surface area contributed by atoms with Crippen LogP contribution in [0.2, 0.25) is 0 Å². The van der Waals surface area contributed by atoms with Gasteiger partial charge in [-0.05, 0) is 61.6 Å². The summed E-state index contributed by atoms with van der Waals surface area (Å²) in [6.45, 7) is 6.46. The lowest BCUT2D eigenvalue weighted by Crippen LogP contribution is -1.91. The summed E-state index contributed by atoms with van der Waals surface area (Å²) in [6, 6.07) is 14.7. The van der Waals surface area contributed by atoms with Crippen LogP contribution in [-0.2, 0) is 6.42 Å². The van der Waals surface area contributed by atoms with E-state index in [2.05, 4.69) is 51.1 Å². The highest BCUT2D eigenvalue weighted by atomic mass is 16.5. The first-order chi connectivity index (χ1) is 10.2. The van der Waals surface area contributed by atoms with E-state index in [-0.39, 0.29) is 0 Å². The van der Waals surface area contributed by atoms with Gasteiger partial charge in [0.2, 0.25) is 0 Å². The predicted molar refractivity (Wildman–Crippen MR) is 90.3 cm³/mol. The summed E-state index contributed by atoms with van der Waals surface area (Å²) in [5.41, 5.74) is 3.85. The molecule has 0 fully saturated rings. The number of hydrogen-bond donors (Lipinski definition) is 0. The van der Waals surface area contributed by atoms with Gasteiger partial charge >= 0.3 is 0 Å². The quantitative estimate of drug-likeness (QED) is 0.548. The van der Waals surface area contributed by atoms with Crippen LogP contribution in [0.5, 0.6) is 11.5 Å². The van der Waals surface area contributed by atoms with E-state index in [0.29, 0.717) is 0 Å². The minimum absolute atomic E-state index is 0.911. The summed E-state index contributed by atoms with van der Waals surface area (Å²) in [5, 5.41) is 0. The van der Waals surface area contributed by atoms with E-state index >= 15 is 0 Å². The molecule has 2 rings (SSSR count). The Morgan fingerprint density at radius 2 is 1.76 bits per heavy atom. The number of unbranched alkanes of at least 4 members (excludes halogenated alkanes) is 3. The fourth-order valence-corrected chi connectivity index (χ4v) is 2.54. The van der Waals surface area contributed by atoms with Crippen LogP contribution < -0.4 is 4.74 Å². The van der Waals surface area contributed by atoms with Gasteiger partial charge in [0, 0.05) is 0 Å². The molecule has 0 bridgehead atoms. The van der Waals surface area contributed by atoms with Gasteiger partial charge in [-0.1, -0.05) is 50.5 Å². The number of hydrogen-bond acceptors (Lipinski definition) is 1. The number of rotatable bonds is 7. The van der Waals surface area contributed by atoms with Crippen LogP contribution in [0.15, 0.2) is 42.5 Å². The molecular formula is C20H26O. The average molecular weight is 282 g/mol. The molecule has 0 atom stereocenters. The van der Waals surface area contributed by atoms with E-state index in [1.807, 2.05) is 12.1 Å². The summed E-state index contributed by atoms with van der Waals surface area (Å²) in [6.07, 6.45) is 6.42. The van der Waals surface area contributed by atoms with Crippen molar-refractivity contribution in [3.63, 3.8) is 0 Å². The summed E-state index contributed by atoms with van der Waals surface area (Å²) in [7, 11) is 0. The summed E-state index contributed by atoms with van der Waals surface area (Å²) in [5.74, 6) is 1.87. The van der Waals surface area contributed by atoms with Gasteiger partial charge < -0.3 is 4.74 Å². The number of ether oxygens (including phenoxy) is 1. The Hall–Kier alpha value is -1.76. The van der Waals surface area contributed by atoms with Crippen molar-refractivity contribution in [3.8, 4) is 11.5 Å². The Kier molecular flexibility index (Phi) is 5.86. The third-order valence-electron chi connectivity index (χ3n) is 3.78. The van der Waals surface area contributed by atoms with Crippen molar-refractivity contribution in [2.75, 3.05) is 0 Å². The lowest BCUT2D eigenvalue weighted by Gasteiger charge is -2.11. The fraction of sp³-hybridized carbons (Fsp3) is 0.400. The first-order valence-corrected chi connectivity index (χ1v) is 8.03. The molecule has 0 saturated heterocycles. The Morgan fingerprint density at radius 3 is 2.48 bits per heavy atom.